The molecule has 1 aromatic rings. The van der Waals surface area contributed by atoms with Gasteiger partial charge in [-0.1, -0.05) is 6.92 Å². The molecule has 0 aliphatic heterocycles. The summed E-state index contributed by atoms with van der Waals surface area (Å²) >= 11 is 0. The largest absolute Gasteiger partial charge is 0.490 e. The first-order valence-corrected chi connectivity index (χ1v) is 6.41. The predicted molar refractivity (Wildman–Crippen MR) is 70.4 cm³/mol. The SMILES string of the molecule is CCCn1cc(OCCCNC(C)(C)C)cn1. The highest BCUT2D eigenvalue weighted by Crippen LogP contribution is 2.08. The number of hydrogen-bond donors (Lipinski definition) is 1. The van der Waals surface area contributed by atoms with Crippen LogP contribution in [0.2, 0.25) is 0 Å². The highest BCUT2D eigenvalue weighted by molar-refractivity contribution is 5.11. The molecule has 1 N–H and O–H groups in total. The summed E-state index contributed by atoms with van der Waals surface area (Å²) in [6.45, 7) is 11.3. The molecule has 0 saturated heterocycles. The van der Waals surface area contributed by atoms with Crippen LogP contribution in [0.15, 0.2) is 12.4 Å². The molecule has 1 heterocycles. The first-order valence-electron chi connectivity index (χ1n) is 6.41. The highest BCUT2D eigenvalue weighted by Gasteiger charge is 2.07. The third-order valence-electron chi connectivity index (χ3n) is 2.31. The minimum Gasteiger partial charge on any atom is -0.490 e. The summed E-state index contributed by atoms with van der Waals surface area (Å²) in [5, 5.41) is 7.65. The molecule has 0 fully saturated rings. The van der Waals surface area contributed by atoms with Gasteiger partial charge in [-0.25, -0.2) is 0 Å². The Balaban J connectivity index is 2.13. The zero-order valence-electron chi connectivity index (χ0n) is 11.5. The summed E-state index contributed by atoms with van der Waals surface area (Å²) in [5.74, 6) is 0.870. The minimum absolute atomic E-state index is 0.187. The van der Waals surface area contributed by atoms with Gasteiger partial charge in [0.25, 0.3) is 0 Å². The molecule has 4 heteroatoms. The zero-order valence-corrected chi connectivity index (χ0v) is 11.5. The van der Waals surface area contributed by atoms with E-state index in [0.717, 1.165) is 38.3 Å². The number of aromatic nitrogens is 2. The molecule has 1 aromatic heterocycles. The number of ether oxygens (including phenoxy) is 1. The second-order valence-electron chi connectivity index (χ2n) is 5.32. The van der Waals surface area contributed by atoms with Crippen LogP contribution in [0.4, 0.5) is 0 Å². The van der Waals surface area contributed by atoms with Crippen molar-refractivity contribution in [3.8, 4) is 5.75 Å². The van der Waals surface area contributed by atoms with Crippen LogP contribution < -0.4 is 10.1 Å². The van der Waals surface area contributed by atoms with E-state index in [-0.39, 0.29) is 5.54 Å². The Hall–Kier alpha value is -1.03. The van der Waals surface area contributed by atoms with E-state index in [9.17, 15) is 0 Å². The fourth-order valence-corrected chi connectivity index (χ4v) is 1.50. The van der Waals surface area contributed by atoms with E-state index in [0.29, 0.717) is 0 Å². The molecule has 0 atom stereocenters. The maximum Gasteiger partial charge on any atom is 0.157 e. The van der Waals surface area contributed by atoms with Gasteiger partial charge in [-0.3, -0.25) is 4.68 Å². The second kappa shape index (κ2) is 6.64. The standard InChI is InChI=1S/C13H25N3O/c1-5-8-16-11-12(10-15-16)17-9-6-7-14-13(2,3)4/h10-11,14H,5-9H2,1-4H3. The first kappa shape index (κ1) is 14.0. The molecule has 17 heavy (non-hydrogen) atoms. The Kier molecular flexibility index (Phi) is 5.48. The van der Waals surface area contributed by atoms with E-state index < -0.39 is 0 Å². The van der Waals surface area contributed by atoms with Gasteiger partial charge >= 0.3 is 0 Å². The van der Waals surface area contributed by atoms with Crippen molar-refractivity contribution >= 4 is 0 Å². The summed E-state index contributed by atoms with van der Waals surface area (Å²) in [4.78, 5) is 0. The zero-order chi connectivity index (χ0) is 12.7. The van der Waals surface area contributed by atoms with E-state index in [1.165, 1.54) is 0 Å². The van der Waals surface area contributed by atoms with Crippen LogP contribution in [0.5, 0.6) is 5.75 Å². The number of hydrogen-bond acceptors (Lipinski definition) is 3. The van der Waals surface area contributed by atoms with E-state index in [4.69, 9.17) is 4.74 Å². The number of nitrogens with zero attached hydrogens (tertiary/aromatic N) is 2. The van der Waals surface area contributed by atoms with E-state index >= 15 is 0 Å². The normalized spacial score (nSPS) is 11.8. The van der Waals surface area contributed by atoms with Gasteiger partial charge in [-0.2, -0.15) is 5.10 Å². The van der Waals surface area contributed by atoms with Crippen LogP contribution in [0.3, 0.4) is 0 Å². The van der Waals surface area contributed by atoms with Gasteiger partial charge in [-0.15, -0.1) is 0 Å². The smallest absolute Gasteiger partial charge is 0.157 e. The van der Waals surface area contributed by atoms with Crippen LogP contribution >= 0.6 is 0 Å². The maximum atomic E-state index is 5.62. The minimum atomic E-state index is 0.187. The van der Waals surface area contributed by atoms with Gasteiger partial charge in [0.2, 0.25) is 0 Å². The van der Waals surface area contributed by atoms with Crippen molar-refractivity contribution in [3.05, 3.63) is 12.4 Å². The molecular formula is C13H25N3O. The number of aryl methyl sites for hydroxylation is 1. The van der Waals surface area contributed by atoms with Crippen LogP contribution in [0, 0.1) is 0 Å². The van der Waals surface area contributed by atoms with Gasteiger partial charge in [0.1, 0.15) is 0 Å². The van der Waals surface area contributed by atoms with Crippen LogP contribution in [0.1, 0.15) is 40.5 Å². The first-order chi connectivity index (χ1) is 8.01. The lowest BCUT2D eigenvalue weighted by Crippen LogP contribution is -2.36. The van der Waals surface area contributed by atoms with Crippen molar-refractivity contribution < 1.29 is 4.74 Å². The number of nitrogens with one attached hydrogen (secondary N) is 1. The fourth-order valence-electron chi connectivity index (χ4n) is 1.50. The third-order valence-corrected chi connectivity index (χ3v) is 2.31. The molecule has 98 valence electrons. The Bertz CT molecular complexity index is 315. The molecule has 0 spiro atoms. The molecule has 0 aliphatic rings. The van der Waals surface area contributed by atoms with Gasteiger partial charge < -0.3 is 10.1 Å². The summed E-state index contributed by atoms with van der Waals surface area (Å²) in [5.41, 5.74) is 0.187. The van der Waals surface area contributed by atoms with Crippen LogP contribution in [0.25, 0.3) is 0 Å². The summed E-state index contributed by atoms with van der Waals surface area (Å²) < 4.78 is 7.54. The van der Waals surface area contributed by atoms with Crippen molar-refractivity contribution in [1.82, 2.24) is 15.1 Å². The lowest BCUT2D eigenvalue weighted by Gasteiger charge is -2.20. The Labute approximate surface area is 104 Å². The average Bonchev–Trinajstić information content (AvgIpc) is 2.64. The van der Waals surface area contributed by atoms with Gasteiger partial charge in [0.05, 0.1) is 19.0 Å². The highest BCUT2D eigenvalue weighted by atomic mass is 16.5. The van der Waals surface area contributed by atoms with E-state index in [2.05, 4.69) is 38.1 Å². The third kappa shape index (κ3) is 6.31. The topological polar surface area (TPSA) is 39.1 Å². The molecule has 0 aliphatic carbocycles. The Morgan fingerprint density at radius 1 is 1.41 bits per heavy atom. The molecule has 1 rings (SSSR count). The lowest BCUT2D eigenvalue weighted by atomic mass is 10.1. The van der Waals surface area contributed by atoms with Gasteiger partial charge in [-0.05, 0) is 40.2 Å². The lowest BCUT2D eigenvalue weighted by molar-refractivity contribution is 0.298. The molecule has 0 bridgehead atoms. The molecule has 0 unspecified atom stereocenters. The average molecular weight is 239 g/mol. The molecule has 0 saturated carbocycles. The maximum absolute atomic E-state index is 5.62. The number of rotatable bonds is 7. The van der Waals surface area contributed by atoms with Crippen LogP contribution in [-0.2, 0) is 6.54 Å². The van der Waals surface area contributed by atoms with Crippen molar-refractivity contribution in [2.45, 2.75) is 52.6 Å². The molecule has 0 amide bonds. The van der Waals surface area contributed by atoms with E-state index in [1.807, 2.05) is 10.9 Å². The Morgan fingerprint density at radius 3 is 2.82 bits per heavy atom. The summed E-state index contributed by atoms with van der Waals surface area (Å²) in [6, 6.07) is 0. The molecular weight excluding hydrogens is 214 g/mol. The molecule has 0 radical (unpaired) electrons. The molecule has 0 aromatic carbocycles. The Morgan fingerprint density at radius 2 is 2.18 bits per heavy atom. The van der Waals surface area contributed by atoms with Crippen molar-refractivity contribution in [3.63, 3.8) is 0 Å². The van der Waals surface area contributed by atoms with Crippen molar-refractivity contribution in [2.24, 2.45) is 0 Å². The molecule has 4 nitrogen and oxygen atoms in total. The van der Waals surface area contributed by atoms with Gasteiger partial charge in [0.15, 0.2) is 5.75 Å². The fraction of sp³-hybridized carbons (Fsp3) is 0.769. The predicted octanol–water partition coefficient (Wildman–Crippen LogP) is 2.45. The summed E-state index contributed by atoms with van der Waals surface area (Å²) in [6.07, 6.45) is 5.85. The van der Waals surface area contributed by atoms with Gasteiger partial charge in [0, 0.05) is 12.1 Å². The second-order valence-corrected chi connectivity index (χ2v) is 5.32. The van der Waals surface area contributed by atoms with Crippen molar-refractivity contribution in [1.29, 1.82) is 0 Å². The van der Waals surface area contributed by atoms with E-state index in [1.54, 1.807) is 6.20 Å². The summed E-state index contributed by atoms with van der Waals surface area (Å²) in [7, 11) is 0. The monoisotopic (exact) mass is 239 g/mol. The quantitative estimate of drug-likeness (QED) is 0.743. The van der Waals surface area contributed by atoms with Crippen LogP contribution in [-0.4, -0.2) is 28.5 Å². The van der Waals surface area contributed by atoms with Crippen molar-refractivity contribution in [2.75, 3.05) is 13.2 Å².